The molecular weight excluding hydrogens is 277 g/mol. The third-order valence-electron chi connectivity index (χ3n) is 2.40. The largest absolute Gasteiger partial charge is 0.664 e. The van der Waals surface area contributed by atoms with Crippen molar-refractivity contribution in [2.45, 2.75) is 6.42 Å². The first kappa shape index (κ1) is 14.0. The van der Waals surface area contributed by atoms with Crippen LogP contribution in [-0.2, 0) is 11.2 Å². The van der Waals surface area contributed by atoms with Gasteiger partial charge in [0.1, 0.15) is 0 Å². The summed E-state index contributed by atoms with van der Waals surface area (Å²) >= 11 is 0. The van der Waals surface area contributed by atoms with Crippen molar-refractivity contribution in [2.75, 3.05) is 0 Å². The molecule has 5 nitrogen and oxygen atoms in total. The Morgan fingerprint density at radius 2 is 1.55 bits per heavy atom. The lowest BCUT2D eigenvalue weighted by molar-refractivity contribution is -0.136. The average molecular weight is 290 g/mol. The predicted molar refractivity (Wildman–Crippen MR) is 75.1 cm³/mol. The van der Waals surface area contributed by atoms with Gasteiger partial charge in [0.15, 0.2) is 11.5 Å². The molecule has 2 aromatic rings. The minimum atomic E-state index is -1.83. The fourth-order valence-corrected chi connectivity index (χ4v) is 2.20. The van der Waals surface area contributed by atoms with Crippen molar-refractivity contribution in [3.05, 3.63) is 60.2 Å². The zero-order valence-electron chi connectivity index (χ0n) is 10.5. The van der Waals surface area contributed by atoms with Gasteiger partial charge in [-0.15, -0.1) is 0 Å². The van der Waals surface area contributed by atoms with E-state index in [2.05, 4.69) is 0 Å². The molecule has 0 radical (unpaired) electrons. The molecule has 1 atom stereocenters. The van der Waals surface area contributed by atoms with E-state index in [1.807, 2.05) is 18.2 Å². The molecule has 0 heterocycles. The summed E-state index contributed by atoms with van der Waals surface area (Å²) in [4.78, 5) is 10.6. The van der Waals surface area contributed by atoms with E-state index in [1.54, 1.807) is 36.4 Å². The number of rotatable bonds is 6. The monoisotopic (exact) mass is 290 g/mol. The Hall–Kier alpha value is -2.39. The number of carbonyl (C=O) groups is 1. The number of nitrogens with one attached hydrogen (secondary N) is 1. The number of para-hydroxylation sites is 1. The van der Waals surface area contributed by atoms with Crippen LogP contribution < -0.4 is 9.05 Å². The Bertz CT molecular complexity index is 598. The lowest BCUT2D eigenvalue weighted by Crippen LogP contribution is -1.99. The van der Waals surface area contributed by atoms with Crippen molar-refractivity contribution in [1.82, 2.24) is 0 Å². The van der Waals surface area contributed by atoms with Crippen molar-refractivity contribution in [3.63, 3.8) is 0 Å². The third-order valence-corrected chi connectivity index (χ3v) is 3.15. The smallest absolute Gasteiger partial charge is 0.481 e. The molecule has 0 aromatic heterocycles. The van der Waals surface area contributed by atoms with Crippen LogP contribution in [0.1, 0.15) is 5.56 Å². The summed E-state index contributed by atoms with van der Waals surface area (Å²) in [5.74, 6) is 0.182. The summed E-state index contributed by atoms with van der Waals surface area (Å²) in [7, 11) is -1.83. The Labute approximate surface area is 117 Å². The fraction of sp³-hybridized carbons (Fsp3) is 0.0714. The summed E-state index contributed by atoms with van der Waals surface area (Å²) in [5.41, 5.74) is 0.683. The average Bonchev–Trinajstić information content (AvgIpc) is 2.41. The van der Waals surface area contributed by atoms with Crippen LogP contribution in [-0.4, -0.2) is 11.1 Å². The number of hydrogen-bond donors (Lipinski definition) is 2. The van der Waals surface area contributed by atoms with E-state index in [1.165, 1.54) is 0 Å². The summed E-state index contributed by atoms with van der Waals surface area (Å²) in [5, 5.41) is 16.4. The van der Waals surface area contributed by atoms with Crippen LogP contribution in [0.5, 0.6) is 11.5 Å². The zero-order valence-corrected chi connectivity index (χ0v) is 11.4. The predicted octanol–water partition coefficient (Wildman–Crippen LogP) is 3.85. The van der Waals surface area contributed by atoms with Crippen molar-refractivity contribution < 1.29 is 18.9 Å². The van der Waals surface area contributed by atoms with E-state index in [-0.39, 0.29) is 6.42 Å². The Balaban J connectivity index is 1.93. The topological polar surface area (TPSA) is 79.6 Å². The van der Waals surface area contributed by atoms with Gasteiger partial charge < -0.3 is 5.11 Å². The number of aliphatic carboxylic acids is 1. The lowest BCUT2D eigenvalue weighted by Gasteiger charge is -1.98. The summed E-state index contributed by atoms with van der Waals surface area (Å²) in [6, 6.07) is 15.6. The molecule has 0 spiro atoms. The van der Waals surface area contributed by atoms with Gasteiger partial charge in [0, 0.05) is 0 Å². The van der Waals surface area contributed by atoms with Gasteiger partial charge in [-0.25, -0.2) is 9.05 Å². The van der Waals surface area contributed by atoms with Crippen LogP contribution in [0.25, 0.3) is 0 Å². The lowest BCUT2D eigenvalue weighted by atomic mass is 10.1. The summed E-state index contributed by atoms with van der Waals surface area (Å²) in [6.45, 7) is 0. The highest BCUT2D eigenvalue weighted by Gasteiger charge is 2.17. The standard InChI is InChI=1S/C14H12NO4P/c15-20(18-12-4-2-1-3-5-12)19-13-8-6-11(7-9-13)10-14(16)17/h1-9,15H,10H2/p+1. The normalized spacial score (nSPS) is 10.7. The van der Waals surface area contributed by atoms with E-state index in [0.717, 1.165) is 0 Å². The number of benzene rings is 2. The van der Waals surface area contributed by atoms with Crippen LogP contribution in [0.4, 0.5) is 0 Å². The molecule has 0 aliphatic rings. The molecule has 0 bridgehead atoms. The minimum Gasteiger partial charge on any atom is -0.481 e. The highest BCUT2D eigenvalue weighted by Crippen LogP contribution is 2.30. The van der Waals surface area contributed by atoms with Crippen LogP contribution in [0, 0.1) is 5.16 Å². The zero-order chi connectivity index (χ0) is 14.4. The van der Waals surface area contributed by atoms with Gasteiger partial charge >= 0.3 is 14.1 Å². The Morgan fingerprint density at radius 3 is 2.10 bits per heavy atom. The van der Waals surface area contributed by atoms with Gasteiger partial charge in [0.05, 0.1) is 6.42 Å². The number of hydrogen-bond acceptors (Lipinski definition) is 4. The first-order valence-electron chi connectivity index (χ1n) is 5.86. The number of carboxylic acids is 1. The fourth-order valence-electron chi connectivity index (χ4n) is 1.53. The van der Waals surface area contributed by atoms with Crippen molar-refractivity contribution in [3.8, 4) is 11.5 Å². The maximum Gasteiger partial charge on any atom is 0.664 e. The molecule has 1 unspecified atom stereocenters. The van der Waals surface area contributed by atoms with Gasteiger partial charge in [-0.05, 0) is 35.0 Å². The first-order valence-corrected chi connectivity index (χ1v) is 7.04. The molecule has 0 fully saturated rings. The van der Waals surface area contributed by atoms with Crippen molar-refractivity contribution in [1.29, 1.82) is 5.16 Å². The second kappa shape index (κ2) is 6.68. The van der Waals surface area contributed by atoms with Crippen molar-refractivity contribution >= 4 is 14.1 Å². The van der Waals surface area contributed by atoms with Crippen LogP contribution in [0.2, 0.25) is 0 Å². The maximum atomic E-state index is 10.6. The Kier molecular flexibility index (Phi) is 4.69. The molecular formula is C14H13NO4P+. The highest BCUT2D eigenvalue weighted by atomic mass is 31.1. The van der Waals surface area contributed by atoms with E-state index >= 15 is 0 Å². The Morgan fingerprint density at radius 1 is 1.00 bits per heavy atom. The molecule has 2 N–H and O–H groups in total. The van der Waals surface area contributed by atoms with Gasteiger partial charge in [0.25, 0.3) is 0 Å². The molecule has 0 aliphatic carbocycles. The van der Waals surface area contributed by atoms with Gasteiger partial charge in [-0.2, -0.15) is 0 Å². The van der Waals surface area contributed by atoms with Gasteiger partial charge in [0.2, 0.25) is 0 Å². The second-order valence-electron chi connectivity index (χ2n) is 3.97. The minimum absolute atomic E-state index is 0.0313. The second-order valence-corrected chi connectivity index (χ2v) is 4.85. The van der Waals surface area contributed by atoms with Gasteiger partial charge in [-0.1, -0.05) is 30.3 Å². The molecule has 102 valence electrons. The molecule has 0 amide bonds. The molecule has 0 saturated heterocycles. The number of carboxylic acid groups (broad SMARTS) is 1. The maximum absolute atomic E-state index is 10.6. The molecule has 6 heteroatoms. The van der Waals surface area contributed by atoms with E-state index in [4.69, 9.17) is 19.3 Å². The molecule has 0 saturated carbocycles. The molecule has 2 aromatic carbocycles. The molecule has 20 heavy (non-hydrogen) atoms. The SMILES string of the molecule is N=[P+](Oc1ccccc1)Oc1ccc(CC(=O)O)cc1. The van der Waals surface area contributed by atoms with Crippen molar-refractivity contribution in [2.24, 2.45) is 0 Å². The molecule has 2 rings (SSSR count). The van der Waals surface area contributed by atoms with E-state index in [9.17, 15) is 4.79 Å². The molecule has 0 aliphatic heterocycles. The van der Waals surface area contributed by atoms with Gasteiger partial charge in [-0.3, -0.25) is 4.79 Å². The highest BCUT2D eigenvalue weighted by molar-refractivity contribution is 7.35. The van der Waals surface area contributed by atoms with E-state index in [0.29, 0.717) is 17.1 Å². The summed E-state index contributed by atoms with van der Waals surface area (Å²) < 4.78 is 10.7. The van der Waals surface area contributed by atoms with E-state index < -0.39 is 14.1 Å². The quantitative estimate of drug-likeness (QED) is 0.792. The van der Waals surface area contributed by atoms with Crippen LogP contribution in [0.3, 0.4) is 0 Å². The summed E-state index contributed by atoms with van der Waals surface area (Å²) in [6.07, 6.45) is -0.0313. The van der Waals surface area contributed by atoms with Crippen LogP contribution in [0.15, 0.2) is 54.6 Å². The third kappa shape index (κ3) is 4.37. The first-order chi connectivity index (χ1) is 9.63. The van der Waals surface area contributed by atoms with Crippen LogP contribution >= 0.6 is 8.17 Å².